The molecular formula is C12H18N4OS. The zero-order valence-corrected chi connectivity index (χ0v) is 11.2. The van der Waals surface area contributed by atoms with E-state index in [1.165, 1.54) is 0 Å². The number of aromatic nitrogens is 2. The fraction of sp³-hybridized carbons (Fsp3) is 0.667. The largest absolute Gasteiger partial charge is 0.381 e. The monoisotopic (exact) mass is 266 g/mol. The minimum atomic E-state index is 0.382. The van der Waals surface area contributed by atoms with Gasteiger partial charge in [-0.15, -0.1) is 0 Å². The minimum absolute atomic E-state index is 0.382. The van der Waals surface area contributed by atoms with Crippen molar-refractivity contribution in [3.8, 4) is 0 Å². The molecule has 1 aromatic rings. The van der Waals surface area contributed by atoms with Crippen LogP contribution >= 0.6 is 11.8 Å². The molecule has 1 aromatic heterocycles. The predicted molar refractivity (Wildman–Crippen MR) is 74.2 cm³/mol. The Morgan fingerprint density at radius 1 is 1.33 bits per heavy atom. The number of hydrogen-bond acceptors (Lipinski definition) is 6. The number of nitrogen functional groups attached to an aromatic ring is 1. The van der Waals surface area contributed by atoms with E-state index >= 15 is 0 Å². The molecule has 0 saturated carbocycles. The van der Waals surface area contributed by atoms with Crippen LogP contribution in [0.5, 0.6) is 0 Å². The molecule has 98 valence electrons. The summed E-state index contributed by atoms with van der Waals surface area (Å²) in [5.41, 5.74) is 6.87. The van der Waals surface area contributed by atoms with Gasteiger partial charge in [0, 0.05) is 43.2 Å². The number of nitrogens with two attached hydrogens (primary N) is 1. The number of nitrogens with zero attached hydrogens (tertiary/aromatic N) is 3. The van der Waals surface area contributed by atoms with Gasteiger partial charge in [0.1, 0.15) is 5.82 Å². The molecule has 6 heteroatoms. The van der Waals surface area contributed by atoms with E-state index in [0.29, 0.717) is 11.9 Å². The van der Waals surface area contributed by atoms with Gasteiger partial charge in [-0.25, -0.2) is 4.98 Å². The minimum Gasteiger partial charge on any atom is -0.381 e. The first-order valence-electron chi connectivity index (χ1n) is 6.38. The Morgan fingerprint density at radius 2 is 2.17 bits per heavy atom. The van der Waals surface area contributed by atoms with E-state index in [9.17, 15) is 0 Å². The highest BCUT2D eigenvalue weighted by atomic mass is 32.2. The third-order valence-corrected chi connectivity index (χ3v) is 4.38. The lowest BCUT2D eigenvalue weighted by molar-refractivity contribution is 0.193. The van der Waals surface area contributed by atoms with Gasteiger partial charge in [-0.05, 0) is 6.42 Å². The molecule has 2 fully saturated rings. The average Bonchev–Trinajstić information content (AvgIpc) is 2.93. The predicted octanol–water partition coefficient (Wildman–Crippen LogP) is 1.12. The molecule has 18 heavy (non-hydrogen) atoms. The third-order valence-electron chi connectivity index (χ3n) is 3.43. The second-order valence-electron chi connectivity index (χ2n) is 4.67. The SMILES string of the molecule is Nc1nc([C@@H]2CCOC2)cc(N2CCSCC2)n1. The molecule has 0 unspecified atom stereocenters. The molecule has 2 aliphatic rings. The zero-order chi connectivity index (χ0) is 12.4. The number of hydrogen-bond donors (Lipinski definition) is 1. The number of rotatable bonds is 2. The molecule has 2 N–H and O–H groups in total. The van der Waals surface area contributed by atoms with E-state index in [1.54, 1.807) is 0 Å². The lowest BCUT2D eigenvalue weighted by atomic mass is 10.0. The van der Waals surface area contributed by atoms with Gasteiger partial charge >= 0.3 is 0 Å². The van der Waals surface area contributed by atoms with Crippen molar-refractivity contribution in [3.63, 3.8) is 0 Å². The zero-order valence-electron chi connectivity index (χ0n) is 10.3. The van der Waals surface area contributed by atoms with Gasteiger partial charge in [0.05, 0.1) is 12.3 Å². The lowest BCUT2D eigenvalue weighted by Crippen LogP contribution is -2.33. The quantitative estimate of drug-likeness (QED) is 0.865. The van der Waals surface area contributed by atoms with Crippen LogP contribution in [0.15, 0.2) is 6.07 Å². The molecule has 2 saturated heterocycles. The van der Waals surface area contributed by atoms with E-state index in [2.05, 4.69) is 20.9 Å². The molecule has 0 radical (unpaired) electrons. The van der Waals surface area contributed by atoms with Crippen molar-refractivity contribution in [2.24, 2.45) is 0 Å². The summed E-state index contributed by atoms with van der Waals surface area (Å²) in [5, 5.41) is 0. The normalized spacial score (nSPS) is 24.4. The average molecular weight is 266 g/mol. The number of thioether (sulfide) groups is 1. The summed E-state index contributed by atoms with van der Waals surface area (Å²) in [6, 6.07) is 2.09. The van der Waals surface area contributed by atoms with Crippen molar-refractivity contribution in [1.82, 2.24) is 9.97 Å². The Bertz CT molecular complexity index is 417. The molecule has 0 amide bonds. The van der Waals surface area contributed by atoms with E-state index < -0.39 is 0 Å². The van der Waals surface area contributed by atoms with Crippen molar-refractivity contribution >= 4 is 23.5 Å². The van der Waals surface area contributed by atoms with Crippen molar-refractivity contribution < 1.29 is 4.74 Å². The first kappa shape index (κ1) is 12.0. The summed E-state index contributed by atoms with van der Waals surface area (Å²) in [4.78, 5) is 11.0. The van der Waals surface area contributed by atoms with Crippen LogP contribution in [0.2, 0.25) is 0 Å². The van der Waals surface area contributed by atoms with Crippen LogP contribution in [0.4, 0.5) is 11.8 Å². The van der Waals surface area contributed by atoms with Crippen LogP contribution in [0.3, 0.4) is 0 Å². The summed E-state index contributed by atoms with van der Waals surface area (Å²) in [6.45, 7) is 3.67. The van der Waals surface area contributed by atoms with Gasteiger partial charge in [0.2, 0.25) is 5.95 Å². The van der Waals surface area contributed by atoms with Gasteiger partial charge in [0.25, 0.3) is 0 Å². The van der Waals surface area contributed by atoms with Crippen molar-refractivity contribution in [2.75, 3.05) is 48.4 Å². The topological polar surface area (TPSA) is 64.3 Å². The maximum Gasteiger partial charge on any atom is 0.222 e. The first-order valence-corrected chi connectivity index (χ1v) is 7.53. The Morgan fingerprint density at radius 3 is 2.89 bits per heavy atom. The molecule has 5 nitrogen and oxygen atoms in total. The van der Waals surface area contributed by atoms with E-state index in [-0.39, 0.29) is 0 Å². The van der Waals surface area contributed by atoms with Gasteiger partial charge in [0.15, 0.2) is 0 Å². The Balaban J connectivity index is 1.84. The lowest BCUT2D eigenvalue weighted by Gasteiger charge is -2.28. The summed E-state index contributed by atoms with van der Waals surface area (Å²) >= 11 is 1.99. The highest BCUT2D eigenvalue weighted by Crippen LogP contribution is 2.27. The highest BCUT2D eigenvalue weighted by Gasteiger charge is 2.22. The van der Waals surface area contributed by atoms with Gasteiger partial charge < -0.3 is 15.4 Å². The molecule has 0 spiro atoms. The summed E-state index contributed by atoms with van der Waals surface area (Å²) in [5.74, 6) is 4.06. The fourth-order valence-electron chi connectivity index (χ4n) is 2.40. The summed E-state index contributed by atoms with van der Waals surface area (Å²) in [6.07, 6.45) is 1.03. The van der Waals surface area contributed by atoms with Crippen LogP contribution in [0.25, 0.3) is 0 Å². The molecule has 3 heterocycles. The maximum atomic E-state index is 5.84. The summed E-state index contributed by atoms with van der Waals surface area (Å²) in [7, 11) is 0. The van der Waals surface area contributed by atoms with Crippen molar-refractivity contribution in [3.05, 3.63) is 11.8 Å². The maximum absolute atomic E-state index is 5.84. The van der Waals surface area contributed by atoms with Crippen LogP contribution in [0, 0.1) is 0 Å². The van der Waals surface area contributed by atoms with Crippen LogP contribution in [0.1, 0.15) is 18.0 Å². The van der Waals surface area contributed by atoms with Gasteiger partial charge in [-0.1, -0.05) is 0 Å². The smallest absolute Gasteiger partial charge is 0.222 e. The highest BCUT2D eigenvalue weighted by molar-refractivity contribution is 7.99. The summed E-state index contributed by atoms with van der Waals surface area (Å²) < 4.78 is 5.42. The second kappa shape index (κ2) is 5.32. The van der Waals surface area contributed by atoms with Crippen molar-refractivity contribution in [2.45, 2.75) is 12.3 Å². The van der Waals surface area contributed by atoms with Crippen LogP contribution in [-0.2, 0) is 4.74 Å². The molecule has 3 rings (SSSR count). The Labute approximate surface area is 111 Å². The van der Waals surface area contributed by atoms with Crippen LogP contribution in [-0.4, -0.2) is 47.8 Å². The molecule has 0 aliphatic carbocycles. The first-order chi connectivity index (χ1) is 8.83. The van der Waals surface area contributed by atoms with Crippen molar-refractivity contribution in [1.29, 1.82) is 0 Å². The van der Waals surface area contributed by atoms with E-state index in [1.807, 2.05) is 11.8 Å². The number of anilines is 2. The van der Waals surface area contributed by atoms with E-state index in [0.717, 1.165) is 55.7 Å². The number of ether oxygens (including phenoxy) is 1. The molecule has 1 atom stereocenters. The van der Waals surface area contributed by atoms with E-state index in [4.69, 9.17) is 10.5 Å². The third kappa shape index (κ3) is 2.54. The molecule has 0 bridgehead atoms. The fourth-order valence-corrected chi connectivity index (χ4v) is 3.31. The Hall–Kier alpha value is -1.01. The van der Waals surface area contributed by atoms with Gasteiger partial charge in [-0.2, -0.15) is 16.7 Å². The Kier molecular flexibility index (Phi) is 3.56. The standard InChI is InChI=1S/C12H18N4OS/c13-12-14-10(9-1-4-17-8-9)7-11(15-12)16-2-5-18-6-3-16/h7,9H,1-6,8H2,(H2,13,14,15)/t9-/m1/s1. The second-order valence-corrected chi connectivity index (χ2v) is 5.89. The van der Waals surface area contributed by atoms with Gasteiger partial charge in [-0.3, -0.25) is 0 Å². The van der Waals surface area contributed by atoms with Crippen LogP contribution < -0.4 is 10.6 Å². The molecular weight excluding hydrogens is 248 g/mol. The molecule has 2 aliphatic heterocycles. The molecule has 0 aromatic carbocycles.